The van der Waals surface area contributed by atoms with Gasteiger partial charge in [0, 0.05) is 12.1 Å². The van der Waals surface area contributed by atoms with Crippen molar-refractivity contribution in [2.45, 2.75) is 25.6 Å². The number of nitrogens with one attached hydrogen (secondary N) is 1. The van der Waals surface area contributed by atoms with Crippen LogP contribution in [0.5, 0.6) is 0 Å². The largest absolute Gasteiger partial charge is 0.465 e. The zero-order valence-corrected chi connectivity index (χ0v) is 21.7. The second kappa shape index (κ2) is 10.1. The van der Waals surface area contributed by atoms with Crippen molar-refractivity contribution < 1.29 is 19.1 Å². The van der Waals surface area contributed by atoms with Gasteiger partial charge in [-0.15, -0.1) is 0 Å². The highest BCUT2D eigenvalue weighted by Crippen LogP contribution is 2.39. The van der Waals surface area contributed by atoms with Crippen molar-refractivity contribution >= 4 is 34.5 Å². The molecule has 1 saturated heterocycles. The number of methoxy groups -OCH3 is 1. The molecule has 1 unspecified atom stereocenters. The molecule has 0 aliphatic carbocycles. The van der Waals surface area contributed by atoms with Crippen molar-refractivity contribution in [1.29, 1.82) is 5.41 Å². The van der Waals surface area contributed by atoms with Crippen molar-refractivity contribution in [3.63, 3.8) is 0 Å². The Kier molecular flexibility index (Phi) is 6.62. The van der Waals surface area contributed by atoms with Crippen LogP contribution in [0.25, 0.3) is 10.8 Å². The number of amidine groups is 1. The number of fused-ring (bicyclic) bond motifs is 1. The molecule has 8 heteroatoms. The number of hydrogen-bond acceptors (Lipinski definition) is 5. The van der Waals surface area contributed by atoms with Crippen molar-refractivity contribution in [1.82, 2.24) is 9.80 Å². The molecule has 3 amide bonds. The Morgan fingerprint density at radius 2 is 1.56 bits per heavy atom. The molecule has 0 spiro atoms. The Morgan fingerprint density at radius 3 is 2.28 bits per heavy atom. The smallest absolute Gasteiger partial charge is 0.337 e. The Labute approximate surface area is 226 Å². The van der Waals surface area contributed by atoms with E-state index in [1.54, 1.807) is 36.1 Å². The number of ether oxygens (including phenoxy) is 1. The third-order valence-corrected chi connectivity index (χ3v) is 7.24. The van der Waals surface area contributed by atoms with E-state index in [4.69, 9.17) is 15.9 Å². The molecular weight excluding hydrogens is 492 g/mol. The molecule has 0 bridgehead atoms. The number of carbonyl (C=O) groups is 3. The molecule has 1 fully saturated rings. The number of hydrogen-bond donors (Lipinski definition) is 2. The highest BCUT2D eigenvalue weighted by atomic mass is 16.5. The molecule has 0 saturated carbocycles. The first-order valence-corrected chi connectivity index (χ1v) is 12.5. The van der Waals surface area contributed by atoms with Crippen molar-refractivity contribution in [2.24, 2.45) is 5.73 Å². The summed E-state index contributed by atoms with van der Waals surface area (Å²) < 4.78 is 4.84. The molecule has 3 N–H and O–H groups in total. The topological polar surface area (TPSA) is 117 Å². The summed E-state index contributed by atoms with van der Waals surface area (Å²) in [7, 11) is 1.32. The quantitative estimate of drug-likeness (QED) is 0.157. The number of urea groups is 1. The van der Waals surface area contributed by atoms with Crippen LogP contribution in [0.4, 0.5) is 4.79 Å². The molecule has 4 aromatic rings. The summed E-state index contributed by atoms with van der Waals surface area (Å²) >= 11 is 0. The summed E-state index contributed by atoms with van der Waals surface area (Å²) in [6, 6.07) is 26.9. The zero-order chi connectivity index (χ0) is 27.7. The lowest BCUT2D eigenvalue weighted by Gasteiger charge is -2.32. The zero-order valence-electron chi connectivity index (χ0n) is 21.7. The van der Waals surface area contributed by atoms with Crippen LogP contribution in [-0.2, 0) is 28.2 Å². The van der Waals surface area contributed by atoms with Crippen LogP contribution in [0.3, 0.4) is 0 Å². The van der Waals surface area contributed by atoms with Gasteiger partial charge in [-0.1, -0.05) is 66.7 Å². The van der Waals surface area contributed by atoms with Crippen LogP contribution in [0.15, 0.2) is 91.0 Å². The molecule has 0 aromatic heterocycles. The minimum atomic E-state index is -1.25. The number of nitrogens with zero attached hydrogens (tertiary/aromatic N) is 2. The van der Waals surface area contributed by atoms with E-state index in [1.807, 2.05) is 66.7 Å². The molecule has 1 atom stereocenters. The Balaban J connectivity index is 1.52. The lowest BCUT2D eigenvalue weighted by molar-refractivity contribution is -0.133. The summed E-state index contributed by atoms with van der Waals surface area (Å²) in [6.07, 6.45) is 0. The summed E-state index contributed by atoms with van der Waals surface area (Å²) in [4.78, 5) is 42.8. The number of amides is 3. The molecule has 1 heterocycles. The molecule has 4 aromatic carbocycles. The molecular formula is C31H28N4O4. The lowest BCUT2D eigenvalue weighted by atomic mass is 9.90. The van der Waals surface area contributed by atoms with Crippen molar-refractivity contribution in [3.05, 3.63) is 119 Å². The van der Waals surface area contributed by atoms with Gasteiger partial charge in [0.05, 0.1) is 19.2 Å². The average Bonchev–Trinajstić information content (AvgIpc) is 3.13. The molecule has 8 nitrogen and oxygen atoms in total. The second-order valence-electron chi connectivity index (χ2n) is 9.70. The number of imide groups is 1. The van der Waals surface area contributed by atoms with E-state index in [0.29, 0.717) is 22.3 Å². The maximum atomic E-state index is 14.0. The molecule has 196 valence electrons. The van der Waals surface area contributed by atoms with E-state index in [0.717, 1.165) is 16.3 Å². The fourth-order valence-electron chi connectivity index (χ4n) is 5.05. The number of nitrogen functional groups attached to an aromatic ring is 1. The fourth-order valence-corrected chi connectivity index (χ4v) is 5.05. The van der Waals surface area contributed by atoms with Crippen LogP contribution in [0.1, 0.15) is 39.5 Å². The van der Waals surface area contributed by atoms with Crippen molar-refractivity contribution in [2.75, 3.05) is 7.11 Å². The maximum Gasteiger partial charge on any atom is 0.337 e. The molecule has 0 radical (unpaired) electrons. The molecule has 1 aliphatic rings. The first-order chi connectivity index (χ1) is 18.7. The standard InChI is InChI=1S/C31H28N4O4/c1-31(26-9-4-3-5-10-26)29(37)34(18-21-11-12-22-13-14-23(27(32)33)17-25(22)16-21)30(38)35(31)19-20-7-6-8-24(15-20)28(36)39-2/h3-17H,18-19H2,1-2H3,(H3,32,33). The fraction of sp³-hybridized carbons (Fsp3) is 0.161. The van der Waals surface area contributed by atoms with E-state index < -0.39 is 17.5 Å². The third kappa shape index (κ3) is 4.61. The SMILES string of the molecule is COC(=O)c1cccc(CN2C(=O)N(Cc3ccc4ccc(C(=N)N)cc4c3)C(=O)C2(C)c2ccccc2)c1. The van der Waals surface area contributed by atoms with Crippen molar-refractivity contribution in [3.8, 4) is 0 Å². The van der Waals surface area contributed by atoms with E-state index in [1.165, 1.54) is 12.0 Å². The monoisotopic (exact) mass is 520 g/mol. The summed E-state index contributed by atoms with van der Waals surface area (Å²) in [5.74, 6) is -0.837. The van der Waals surface area contributed by atoms with Crippen LogP contribution < -0.4 is 5.73 Å². The molecule has 1 aliphatic heterocycles. The van der Waals surface area contributed by atoms with Crippen LogP contribution in [-0.4, -0.2) is 40.7 Å². The first kappa shape index (κ1) is 25.7. The Hall–Kier alpha value is -4.98. The summed E-state index contributed by atoms with van der Waals surface area (Å²) in [5.41, 5.74) is 7.55. The summed E-state index contributed by atoms with van der Waals surface area (Å²) in [5, 5.41) is 9.56. The van der Waals surface area contributed by atoms with Gasteiger partial charge >= 0.3 is 12.0 Å². The summed E-state index contributed by atoms with van der Waals surface area (Å²) in [6.45, 7) is 1.96. The van der Waals surface area contributed by atoms with Gasteiger partial charge < -0.3 is 15.4 Å². The van der Waals surface area contributed by atoms with Gasteiger partial charge in [0.2, 0.25) is 0 Å². The third-order valence-electron chi connectivity index (χ3n) is 7.24. The highest BCUT2D eigenvalue weighted by Gasteiger charge is 2.55. The predicted octanol–water partition coefficient (Wildman–Crippen LogP) is 4.79. The van der Waals surface area contributed by atoms with Gasteiger partial charge in [-0.05, 0) is 58.7 Å². The highest BCUT2D eigenvalue weighted by molar-refractivity contribution is 6.07. The van der Waals surface area contributed by atoms with Gasteiger partial charge in [-0.2, -0.15) is 0 Å². The minimum absolute atomic E-state index is 0.0299. The predicted molar refractivity (Wildman–Crippen MR) is 148 cm³/mol. The van der Waals surface area contributed by atoms with E-state index in [2.05, 4.69) is 0 Å². The number of esters is 1. The lowest BCUT2D eigenvalue weighted by Crippen LogP contribution is -2.43. The van der Waals surface area contributed by atoms with E-state index >= 15 is 0 Å². The van der Waals surface area contributed by atoms with E-state index in [9.17, 15) is 14.4 Å². The average molecular weight is 521 g/mol. The number of carbonyl (C=O) groups excluding carboxylic acids is 3. The van der Waals surface area contributed by atoms with Gasteiger partial charge in [0.15, 0.2) is 0 Å². The normalized spacial score (nSPS) is 17.1. The first-order valence-electron chi connectivity index (χ1n) is 12.5. The van der Waals surface area contributed by atoms with Crippen LogP contribution >= 0.6 is 0 Å². The van der Waals surface area contributed by atoms with Gasteiger partial charge in [0.25, 0.3) is 5.91 Å². The second-order valence-corrected chi connectivity index (χ2v) is 9.70. The Morgan fingerprint density at radius 1 is 0.846 bits per heavy atom. The maximum absolute atomic E-state index is 14.0. The van der Waals surface area contributed by atoms with Gasteiger partial charge in [0.1, 0.15) is 11.4 Å². The molecule has 39 heavy (non-hydrogen) atoms. The Bertz CT molecular complexity index is 1620. The van der Waals surface area contributed by atoms with Gasteiger partial charge in [-0.25, -0.2) is 9.59 Å². The minimum Gasteiger partial charge on any atom is -0.465 e. The van der Waals surface area contributed by atoms with E-state index in [-0.39, 0.29) is 24.8 Å². The van der Waals surface area contributed by atoms with Crippen LogP contribution in [0.2, 0.25) is 0 Å². The molecule has 5 rings (SSSR count). The number of rotatable bonds is 7. The van der Waals surface area contributed by atoms with Gasteiger partial charge in [-0.3, -0.25) is 15.1 Å². The van der Waals surface area contributed by atoms with Crippen LogP contribution in [0, 0.1) is 5.41 Å². The number of benzene rings is 4. The number of nitrogens with two attached hydrogens (primary N) is 1.